The number of nitrogens with zero attached hydrogens (tertiary/aromatic N) is 5. The van der Waals surface area contributed by atoms with Gasteiger partial charge in [0.25, 0.3) is 5.91 Å². The number of halogens is 2. The molecule has 11 heteroatoms. The van der Waals surface area contributed by atoms with E-state index in [1.54, 1.807) is 16.7 Å². The van der Waals surface area contributed by atoms with Crippen molar-refractivity contribution in [3.05, 3.63) is 70.0 Å². The monoisotopic (exact) mass is 518 g/mol. The van der Waals surface area contributed by atoms with Crippen molar-refractivity contribution in [2.24, 2.45) is 7.05 Å². The normalized spacial score (nSPS) is 13.7. The van der Waals surface area contributed by atoms with Crippen molar-refractivity contribution in [2.75, 3.05) is 36.8 Å². The Balaban J connectivity index is 1.25. The highest BCUT2D eigenvalue weighted by Crippen LogP contribution is 2.22. The van der Waals surface area contributed by atoms with Gasteiger partial charge < -0.3 is 19.7 Å². The Hall–Kier alpha value is -2.75. The molecule has 178 valence electrons. The van der Waals surface area contributed by atoms with Gasteiger partial charge in [-0.15, -0.1) is 10.2 Å². The molecule has 1 saturated heterocycles. The molecule has 2 heterocycles. The molecule has 0 atom stereocenters. The summed E-state index contributed by atoms with van der Waals surface area (Å²) in [7, 11) is 1.81. The summed E-state index contributed by atoms with van der Waals surface area (Å²) in [6.45, 7) is 3.18. The van der Waals surface area contributed by atoms with E-state index < -0.39 is 0 Å². The second-order valence-corrected chi connectivity index (χ2v) is 9.54. The Morgan fingerprint density at radius 3 is 2.47 bits per heavy atom. The van der Waals surface area contributed by atoms with Crippen LogP contribution >= 0.6 is 35.0 Å². The Morgan fingerprint density at radius 2 is 1.76 bits per heavy atom. The number of anilines is 1. The van der Waals surface area contributed by atoms with Gasteiger partial charge in [-0.2, -0.15) is 0 Å². The number of hydrogen-bond acceptors (Lipinski definition) is 6. The summed E-state index contributed by atoms with van der Waals surface area (Å²) >= 11 is 13.3. The molecule has 3 aromatic rings. The molecule has 8 nitrogen and oxygen atoms in total. The van der Waals surface area contributed by atoms with E-state index >= 15 is 0 Å². The topological polar surface area (TPSA) is 83.4 Å². The lowest BCUT2D eigenvalue weighted by atomic mass is 10.2. The third-order valence-electron chi connectivity index (χ3n) is 5.59. The number of para-hydroxylation sites is 1. The molecule has 1 aliphatic heterocycles. The highest BCUT2D eigenvalue weighted by atomic mass is 35.5. The molecule has 1 fully saturated rings. The van der Waals surface area contributed by atoms with Gasteiger partial charge in [0.2, 0.25) is 5.91 Å². The molecule has 0 saturated carbocycles. The number of rotatable bonds is 7. The molecule has 0 aliphatic carbocycles. The minimum absolute atomic E-state index is 0.0768. The van der Waals surface area contributed by atoms with Crippen molar-refractivity contribution in [1.29, 1.82) is 0 Å². The van der Waals surface area contributed by atoms with E-state index in [1.807, 2.05) is 30.1 Å². The molecule has 1 aromatic heterocycles. The van der Waals surface area contributed by atoms with Gasteiger partial charge in [0.1, 0.15) is 0 Å². The van der Waals surface area contributed by atoms with Gasteiger partial charge in [-0.1, -0.05) is 53.2 Å². The molecule has 34 heavy (non-hydrogen) atoms. The van der Waals surface area contributed by atoms with Crippen LogP contribution in [0.4, 0.5) is 5.69 Å². The van der Waals surface area contributed by atoms with E-state index in [9.17, 15) is 9.59 Å². The summed E-state index contributed by atoms with van der Waals surface area (Å²) in [5, 5.41) is 12.5. The lowest BCUT2D eigenvalue weighted by Crippen LogP contribution is -2.49. The van der Waals surface area contributed by atoms with E-state index in [1.165, 1.54) is 23.5 Å². The Bertz CT molecular complexity index is 1170. The lowest BCUT2D eigenvalue weighted by molar-refractivity contribution is -0.128. The number of carbonyl (C=O) groups is 2. The maximum atomic E-state index is 12.7. The minimum atomic E-state index is -0.330. The molecule has 4 rings (SSSR count). The summed E-state index contributed by atoms with van der Waals surface area (Å²) in [6, 6.07) is 14.9. The number of aromatic nitrogens is 3. The maximum Gasteiger partial charge on any atom is 0.253 e. The van der Waals surface area contributed by atoms with Crippen molar-refractivity contribution in [1.82, 2.24) is 25.0 Å². The van der Waals surface area contributed by atoms with Crippen molar-refractivity contribution in [2.45, 2.75) is 11.7 Å². The number of piperazine rings is 1. The van der Waals surface area contributed by atoms with Crippen LogP contribution in [0.1, 0.15) is 16.2 Å². The van der Waals surface area contributed by atoms with Crippen LogP contribution in [0, 0.1) is 0 Å². The largest absolute Gasteiger partial charge is 0.368 e. The molecule has 2 aromatic carbocycles. The fourth-order valence-corrected chi connectivity index (χ4v) is 4.95. The zero-order chi connectivity index (χ0) is 24.1. The van der Waals surface area contributed by atoms with E-state index in [4.69, 9.17) is 23.2 Å². The smallest absolute Gasteiger partial charge is 0.253 e. The Morgan fingerprint density at radius 1 is 1.03 bits per heavy atom. The maximum absolute atomic E-state index is 12.7. The van der Waals surface area contributed by atoms with Gasteiger partial charge >= 0.3 is 0 Å². The summed E-state index contributed by atoms with van der Waals surface area (Å²) in [5.41, 5.74) is 1.52. The molecule has 0 unspecified atom stereocenters. The summed E-state index contributed by atoms with van der Waals surface area (Å²) in [4.78, 5) is 29.3. The minimum Gasteiger partial charge on any atom is -0.368 e. The standard InChI is InChI=1S/C23H24Cl2N6O2S/c1-29-20(14-26-22(33)18-8-7-16(24)13-19(18)25)27-28-23(29)34-15-21(32)31-11-9-30(10-12-31)17-5-3-2-4-6-17/h2-8,13H,9-12,14-15H2,1H3,(H,26,33). The predicted molar refractivity (Wildman–Crippen MR) is 135 cm³/mol. The van der Waals surface area contributed by atoms with Gasteiger partial charge in [-0.05, 0) is 30.3 Å². The van der Waals surface area contributed by atoms with Crippen LogP contribution < -0.4 is 10.2 Å². The first kappa shape index (κ1) is 24.4. The second kappa shape index (κ2) is 11.1. The highest BCUT2D eigenvalue weighted by molar-refractivity contribution is 7.99. The van der Waals surface area contributed by atoms with Crippen LogP contribution in [-0.2, 0) is 18.4 Å². The Kier molecular flexibility index (Phi) is 7.97. The first-order valence-corrected chi connectivity index (χ1v) is 12.5. The second-order valence-electron chi connectivity index (χ2n) is 7.76. The van der Waals surface area contributed by atoms with Gasteiger partial charge in [-0.3, -0.25) is 9.59 Å². The van der Waals surface area contributed by atoms with Crippen LogP contribution in [0.25, 0.3) is 0 Å². The van der Waals surface area contributed by atoms with E-state index in [0.29, 0.717) is 34.7 Å². The van der Waals surface area contributed by atoms with E-state index in [-0.39, 0.29) is 29.1 Å². The van der Waals surface area contributed by atoms with E-state index in [2.05, 4.69) is 32.5 Å². The fourth-order valence-electron chi connectivity index (χ4n) is 3.62. The SMILES string of the molecule is Cn1c(CNC(=O)c2ccc(Cl)cc2Cl)nnc1SCC(=O)N1CCN(c2ccccc2)CC1. The third kappa shape index (κ3) is 5.84. The number of nitrogens with one attached hydrogen (secondary N) is 1. The van der Waals surface area contributed by atoms with Gasteiger partial charge in [0.05, 0.1) is 22.9 Å². The predicted octanol–water partition coefficient (Wildman–Crippen LogP) is 3.49. The molecule has 0 spiro atoms. The van der Waals surface area contributed by atoms with Gasteiger partial charge in [0.15, 0.2) is 11.0 Å². The highest BCUT2D eigenvalue weighted by Gasteiger charge is 2.22. The average molecular weight is 519 g/mol. The Labute approximate surface area is 212 Å². The van der Waals surface area contributed by atoms with Crippen LogP contribution in [0.3, 0.4) is 0 Å². The van der Waals surface area contributed by atoms with E-state index in [0.717, 1.165) is 13.1 Å². The molecule has 0 bridgehead atoms. The fraction of sp³-hybridized carbons (Fsp3) is 0.304. The molecular formula is C23H24Cl2N6O2S. The van der Waals surface area contributed by atoms with Crippen molar-refractivity contribution < 1.29 is 9.59 Å². The summed E-state index contributed by atoms with van der Waals surface area (Å²) in [5.74, 6) is 0.603. The number of amides is 2. The molecule has 1 N–H and O–H groups in total. The lowest BCUT2D eigenvalue weighted by Gasteiger charge is -2.36. The first-order chi connectivity index (χ1) is 16.4. The van der Waals surface area contributed by atoms with Crippen molar-refractivity contribution in [3.8, 4) is 0 Å². The van der Waals surface area contributed by atoms with Crippen molar-refractivity contribution in [3.63, 3.8) is 0 Å². The molecular weight excluding hydrogens is 495 g/mol. The number of hydrogen-bond donors (Lipinski definition) is 1. The first-order valence-electron chi connectivity index (χ1n) is 10.7. The van der Waals surface area contributed by atoms with Crippen LogP contribution in [0.15, 0.2) is 53.7 Å². The number of carbonyl (C=O) groups excluding carboxylic acids is 2. The van der Waals surface area contributed by atoms with Crippen molar-refractivity contribution >= 4 is 52.5 Å². The zero-order valence-electron chi connectivity index (χ0n) is 18.6. The molecule has 2 amide bonds. The van der Waals surface area contributed by atoms with Crippen LogP contribution in [0.5, 0.6) is 0 Å². The van der Waals surface area contributed by atoms with Crippen LogP contribution in [-0.4, -0.2) is 63.4 Å². The number of thioether (sulfide) groups is 1. The van der Waals surface area contributed by atoms with Gasteiger partial charge in [-0.25, -0.2) is 0 Å². The third-order valence-corrected chi connectivity index (χ3v) is 7.14. The number of benzene rings is 2. The molecule has 1 aliphatic rings. The average Bonchev–Trinajstić information content (AvgIpc) is 3.20. The molecule has 0 radical (unpaired) electrons. The quantitative estimate of drug-likeness (QED) is 0.482. The van der Waals surface area contributed by atoms with Crippen LogP contribution in [0.2, 0.25) is 10.0 Å². The summed E-state index contributed by atoms with van der Waals surface area (Å²) in [6.07, 6.45) is 0. The van der Waals surface area contributed by atoms with Gasteiger partial charge in [0, 0.05) is 43.9 Å². The zero-order valence-corrected chi connectivity index (χ0v) is 20.9. The summed E-state index contributed by atoms with van der Waals surface area (Å²) < 4.78 is 1.77.